The van der Waals surface area contributed by atoms with Gasteiger partial charge >= 0.3 is 6.18 Å². The van der Waals surface area contributed by atoms with E-state index in [2.05, 4.69) is 0 Å². The summed E-state index contributed by atoms with van der Waals surface area (Å²) in [5.41, 5.74) is 0. The first kappa shape index (κ1) is 17.1. The molecule has 1 saturated carbocycles. The quantitative estimate of drug-likeness (QED) is 0.792. The predicted octanol–water partition coefficient (Wildman–Crippen LogP) is 3.84. The van der Waals surface area contributed by atoms with E-state index < -0.39 is 12.1 Å². The van der Waals surface area contributed by atoms with Crippen molar-refractivity contribution < 1.29 is 13.2 Å². The highest BCUT2D eigenvalue weighted by atomic mass is 32.2. The van der Waals surface area contributed by atoms with Crippen LogP contribution in [0.1, 0.15) is 39.5 Å². The SMILES string of the molecule is CC.CN(CC1CCC(C(F)(F)F)CC1)SN. The number of hydrogen-bond donors (Lipinski definition) is 1. The van der Waals surface area contributed by atoms with E-state index in [0.29, 0.717) is 18.8 Å². The summed E-state index contributed by atoms with van der Waals surface area (Å²) in [4.78, 5) is 0. The fourth-order valence-electron chi connectivity index (χ4n) is 2.08. The molecule has 0 aromatic heterocycles. The van der Waals surface area contributed by atoms with Crippen LogP contribution in [0.25, 0.3) is 0 Å². The van der Waals surface area contributed by atoms with Crippen molar-refractivity contribution >= 4 is 12.1 Å². The van der Waals surface area contributed by atoms with Crippen LogP contribution in [-0.2, 0) is 0 Å². The van der Waals surface area contributed by atoms with E-state index in [1.165, 1.54) is 0 Å². The lowest BCUT2D eigenvalue weighted by molar-refractivity contribution is -0.184. The van der Waals surface area contributed by atoms with Crippen molar-refractivity contribution in [3.05, 3.63) is 0 Å². The van der Waals surface area contributed by atoms with Gasteiger partial charge in [0.15, 0.2) is 0 Å². The van der Waals surface area contributed by atoms with Crippen LogP contribution in [0.15, 0.2) is 0 Å². The van der Waals surface area contributed by atoms with Crippen LogP contribution < -0.4 is 5.14 Å². The average molecular weight is 272 g/mol. The van der Waals surface area contributed by atoms with Gasteiger partial charge in [0.25, 0.3) is 0 Å². The summed E-state index contributed by atoms with van der Waals surface area (Å²) in [7, 11) is 1.86. The zero-order chi connectivity index (χ0) is 13.5. The van der Waals surface area contributed by atoms with Crippen molar-refractivity contribution in [3.63, 3.8) is 0 Å². The summed E-state index contributed by atoms with van der Waals surface area (Å²) < 4.78 is 39.0. The minimum atomic E-state index is -4.00. The van der Waals surface area contributed by atoms with E-state index in [1.807, 2.05) is 25.2 Å². The smallest absolute Gasteiger partial charge is 0.264 e. The molecule has 0 atom stereocenters. The van der Waals surface area contributed by atoms with Gasteiger partial charge in [0.1, 0.15) is 0 Å². The minimum absolute atomic E-state index is 0.275. The summed E-state index contributed by atoms with van der Waals surface area (Å²) in [6.45, 7) is 4.78. The van der Waals surface area contributed by atoms with Gasteiger partial charge in [-0.15, -0.1) is 0 Å². The molecule has 0 aliphatic heterocycles. The highest BCUT2D eigenvalue weighted by Gasteiger charge is 2.41. The molecule has 1 rings (SSSR count). The van der Waals surface area contributed by atoms with Gasteiger partial charge in [-0.05, 0) is 38.6 Å². The molecule has 0 saturated heterocycles. The van der Waals surface area contributed by atoms with E-state index in [0.717, 1.165) is 18.7 Å². The molecule has 0 amide bonds. The average Bonchev–Trinajstić information content (AvgIpc) is 2.31. The highest BCUT2D eigenvalue weighted by Crippen LogP contribution is 2.39. The number of nitrogens with zero attached hydrogens (tertiary/aromatic N) is 1. The lowest BCUT2D eigenvalue weighted by Crippen LogP contribution is -2.31. The molecule has 0 aromatic carbocycles. The third kappa shape index (κ3) is 6.52. The normalized spacial score (nSPS) is 25.4. The van der Waals surface area contributed by atoms with Gasteiger partial charge in [-0.3, -0.25) is 5.14 Å². The van der Waals surface area contributed by atoms with Gasteiger partial charge in [-0.2, -0.15) is 13.2 Å². The van der Waals surface area contributed by atoms with E-state index in [1.54, 1.807) is 0 Å². The third-order valence-corrected chi connectivity index (χ3v) is 3.51. The zero-order valence-corrected chi connectivity index (χ0v) is 11.6. The van der Waals surface area contributed by atoms with Crippen LogP contribution in [0, 0.1) is 11.8 Å². The van der Waals surface area contributed by atoms with E-state index in [4.69, 9.17) is 5.14 Å². The Morgan fingerprint density at radius 3 is 2.00 bits per heavy atom. The molecule has 1 fully saturated rings. The van der Waals surface area contributed by atoms with Crippen molar-refractivity contribution in [2.24, 2.45) is 17.0 Å². The van der Waals surface area contributed by atoms with Gasteiger partial charge in [0.05, 0.1) is 5.92 Å². The van der Waals surface area contributed by atoms with Gasteiger partial charge in [0.2, 0.25) is 0 Å². The molecule has 0 spiro atoms. The molecule has 2 nitrogen and oxygen atoms in total. The summed E-state index contributed by atoms with van der Waals surface area (Å²) in [5, 5.41) is 5.35. The summed E-state index contributed by atoms with van der Waals surface area (Å²) in [6, 6.07) is 0. The summed E-state index contributed by atoms with van der Waals surface area (Å²) >= 11 is 1.14. The number of rotatable bonds is 3. The molecule has 0 bridgehead atoms. The molecule has 2 N–H and O–H groups in total. The Labute approximate surface area is 106 Å². The molecule has 1 aliphatic carbocycles. The first-order valence-electron chi connectivity index (χ1n) is 6.08. The Kier molecular flexibility index (Phi) is 8.24. The largest absolute Gasteiger partial charge is 0.391 e. The Balaban J connectivity index is 0.00000121. The third-order valence-electron chi connectivity index (χ3n) is 3.00. The fourth-order valence-corrected chi connectivity index (χ4v) is 2.38. The van der Waals surface area contributed by atoms with E-state index >= 15 is 0 Å². The van der Waals surface area contributed by atoms with Crippen LogP contribution in [0.4, 0.5) is 13.2 Å². The first-order chi connectivity index (χ1) is 7.93. The second-order valence-electron chi connectivity index (χ2n) is 4.18. The first-order valence-corrected chi connectivity index (χ1v) is 6.92. The fraction of sp³-hybridized carbons (Fsp3) is 1.00. The second-order valence-corrected chi connectivity index (χ2v) is 5.01. The van der Waals surface area contributed by atoms with Gasteiger partial charge in [-0.25, -0.2) is 4.31 Å². The Bertz CT molecular complexity index is 192. The van der Waals surface area contributed by atoms with Gasteiger partial charge < -0.3 is 0 Å². The van der Waals surface area contributed by atoms with Crippen molar-refractivity contribution in [1.82, 2.24) is 4.31 Å². The molecule has 0 unspecified atom stereocenters. The molecule has 0 heterocycles. The molecule has 1 aliphatic rings. The molecule has 0 radical (unpaired) electrons. The Morgan fingerprint density at radius 2 is 1.65 bits per heavy atom. The molecule has 6 heteroatoms. The Morgan fingerprint density at radius 1 is 1.18 bits per heavy atom. The predicted molar refractivity (Wildman–Crippen MR) is 67.3 cm³/mol. The maximum absolute atomic E-state index is 12.4. The summed E-state index contributed by atoms with van der Waals surface area (Å²) in [5.74, 6) is -0.714. The monoisotopic (exact) mass is 272 g/mol. The van der Waals surface area contributed by atoms with Crippen molar-refractivity contribution in [2.75, 3.05) is 13.6 Å². The van der Waals surface area contributed by atoms with Crippen LogP contribution in [0.5, 0.6) is 0 Å². The Hall–Kier alpha value is 0.0600. The minimum Gasteiger partial charge on any atom is -0.264 e. The number of hydrogen-bond acceptors (Lipinski definition) is 3. The van der Waals surface area contributed by atoms with Crippen LogP contribution in [0.2, 0.25) is 0 Å². The number of halogens is 3. The van der Waals surface area contributed by atoms with Crippen LogP contribution >= 0.6 is 12.1 Å². The van der Waals surface area contributed by atoms with E-state index in [-0.39, 0.29) is 12.8 Å². The molecular formula is C11H23F3N2S. The summed E-state index contributed by atoms with van der Waals surface area (Å²) in [6.07, 6.45) is -2.13. The molecule has 0 aromatic rings. The van der Waals surface area contributed by atoms with Crippen molar-refractivity contribution in [3.8, 4) is 0 Å². The van der Waals surface area contributed by atoms with Crippen molar-refractivity contribution in [2.45, 2.75) is 45.7 Å². The van der Waals surface area contributed by atoms with Gasteiger partial charge in [0, 0.05) is 18.7 Å². The molecule has 104 valence electrons. The zero-order valence-electron chi connectivity index (χ0n) is 10.8. The second kappa shape index (κ2) is 8.21. The van der Waals surface area contributed by atoms with E-state index in [9.17, 15) is 13.2 Å². The van der Waals surface area contributed by atoms with Crippen LogP contribution in [-0.4, -0.2) is 24.1 Å². The number of nitrogens with two attached hydrogens (primary N) is 1. The standard InChI is InChI=1S/C9H17F3N2S.C2H6/c1-14(15-13)6-7-2-4-8(5-3-7)9(10,11)12;1-2/h7-8H,2-6,13H2,1H3;1-2H3. The van der Waals surface area contributed by atoms with Crippen molar-refractivity contribution in [1.29, 1.82) is 0 Å². The van der Waals surface area contributed by atoms with Gasteiger partial charge in [-0.1, -0.05) is 13.8 Å². The lowest BCUT2D eigenvalue weighted by atomic mass is 9.81. The molecule has 17 heavy (non-hydrogen) atoms. The lowest BCUT2D eigenvalue weighted by Gasteiger charge is -2.31. The number of alkyl halides is 3. The molecular weight excluding hydrogens is 249 g/mol. The highest BCUT2D eigenvalue weighted by molar-refractivity contribution is 7.94. The van der Waals surface area contributed by atoms with Crippen LogP contribution in [0.3, 0.4) is 0 Å². The maximum atomic E-state index is 12.4. The maximum Gasteiger partial charge on any atom is 0.391 e. The topological polar surface area (TPSA) is 29.3 Å².